The van der Waals surface area contributed by atoms with Gasteiger partial charge in [0.1, 0.15) is 0 Å². The van der Waals surface area contributed by atoms with Crippen LogP contribution in [0.15, 0.2) is 0 Å². The second kappa shape index (κ2) is 10.1. The predicted octanol–water partition coefficient (Wildman–Crippen LogP) is 1.88. The van der Waals surface area contributed by atoms with Gasteiger partial charge in [0.05, 0.1) is 23.6 Å². The van der Waals surface area contributed by atoms with Crippen molar-refractivity contribution in [2.24, 2.45) is 18.7 Å². The van der Waals surface area contributed by atoms with E-state index in [9.17, 15) is 4.79 Å². The van der Waals surface area contributed by atoms with E-state index in [-0.39, 0.29) is 30.7 Å². The van der Waals surface area contributed by atoms with E-state index in [0.29, 0.717) is 12.5 Å². The van der Waals surface area contributed by atoms with Crippen LogP contribution in [0.3, 0.4) is 0 Å². The molecule has 0 aliphatic carbocycles. The van der Waals surface area contributed by atoms with E-state index in [0.717, 1.165) is 49.6 Å². The molecule has 1 aromatic rings. The first-order chi connectivity index (χ1) is 10.0. The van der Waals surface area contributed by atoms with Crippen LogP contribution in [0, 0.1) is 19.8 Å². The number of nitrogens with one attached hydrogen (secondary N) is 1. The van der Waals surface area contributed by atoms with E-state index in [4.69, 9.17) is 5.73 Å². The lowest BCUT2D eigenvalue weighted by atomic mass is 9.95. The highest BCUT2D eigenvalue weighted by Crippen LogP contribution is 2.20. The zero-order valence-electron chi connectivity index (χ0n) is 14.2. The Bertz CT molecular complexity index is 504. The van der Waals surface area contributed by atoms with Crippen molar-refractivity contribution in [2.75, 3.05) is 31.5 Å². The first-order valence-electron chi connectivity index (χ1n) is 7.73. The lowest BCUT2D eigenvalue weighted by Gasteiger charge is -2.32. The summed E-state index contributed by atoms with van der Waals surface area (Å²) in [6, 6.07) is 0. The number of anilines is 1. The molecule has 1 amide bonds. The number of hydrogen-bond acceptors (Lipinski definition) is 4. The monoisotopic (exact) mass is 365 g/mol. The lowest BCUT2D eigenvalue weighted by Crippen LogP contribution is -2.41. The fraction of sp³-hybridized carbons (Fsp3) is 0.733. The number of amides is 1. The number of rotatable bonds is 5. The Labute approximate surface area is 151 Å². The molecule has 23 heavy (non-hydrogen) atoms. The van der Waals surface area contributed by atoms with Crippen LogP contribution in [0.2, 0.25) is 0 Å². The lowest BCUT2D eigenvalue weighted by molar-refractivity contribution is -0.117. The van der Waals surface area contributed by atoms with Gasteiger partial charge in [-0.25, -0.2) is 0 Å². The maximum absolute atomic E-state index is 12.2. The molecule has 1 aliphatic rings. The molecular weight excluding hydrogens is 337 g/mol. The molecule has 0 saturated carbocycles. The molecule has 1 saturated heterocycles. The first-order valence-corrected chi connectivity index (χ1v) is 7.73. The smallest absolute Gasteiger partial charge is 0.238 e. The summed E-state index contributed by atoms with van der Waals surface area (Å²) in [5.74, 6) is 0.681. The Kier molecular flexibility index (Phi) is 9.77. The molecule has 0 radical (unpaired) electrons. The van der Waals surface area contributed by atoms with Crippen LogP contribution in [0.5, 0.6) is 0 Å². The second-order valence-corrected chi connectivity index (χ2v) is 6.04. The molecule has 1 aromatic heterocycles. The van der Waals surface area contributed by atoms with Crippen LogP contribution in [0.25, 0.3) is 0 Å². The Hall–Kier alpha value is -0.820. The van der Waals surface area contributed by atoms with Gasteiger partial charge in [0, 0.05) is 13.6 Å². The average molecular weight is 366 g/mol. The number of aryl methyl sites for hydroxylation is 2. The van der Waals surface area contributed by atoms with Crippen LogP contribution in [0.4, 0.5) is 5.69 Å². The fourth-order valence-electron chi connectivity index (χ4n) is 3.10. The number of carbonyl (C=O) groups excluding carboxylic acids is 1. The van der Waals surface area contributed by atoms with Crippen molar-refractivity contribution in [3.05, 3.63) is 11.4 Å². The van der Waals surface area contributed by atoms with Gasteiger partial charge in [-0.15, -0.1) is 24.8 Å². The zero-order valence-corrected chi connectivity index (χ0v) is 15.8. The Morgan fingerprint density at radius 1 is 1.39 bits per heavy atom. The zero-order chi connectivity index (χ0) is 15.4. The van der Waals surface area contributed by atoms with Gasteiger partial charge in [-0.05, 0) is 52.1 Å². The summed E-state index contributed by atoms with van der Waals surface area (Å²) in [7, 11) is 1.89. The minimum Gasteiger partial charge on any atom is -0.330 e. The third kappa shape index (κ3) is 5.95. The van der Waals surface area contributed by atoms with Crippen LogP contribution in [-0.4, -0.2) is 46.8 Å². The van der Waals surface area contributed by atoms with Gasteiger partial charge in [0.15, 0.2) is 0 Å². The van der Waals surface area contributed by atoms with Crippen molar-refractivity contribution >= 4 is 36.4 Å². The molecular formula is C15H29Cl2N5O. The number of halogens is 2. The number of carbonyl (C=O) groups is 1. The third-order valence-corrected chi connectivity index (χ3v) is 4.32. The van der Waals surface area contributed by atoms with Gasteiger partial charge in [-0.2, -0.15) is 5.10 Å². The van der Waals surface area contributed by atoms with Gasteiger partial charge in [-0.1, -0.05) is 0 Å². The molecule has 1 atom stereocenters. The molecule has 0 spiro atoms. The van der Waals surface area contributed by atoms with Gasteiger partial charge in [0.2, 0.25) is 5.91 Å². The van der Waals surface area contributed by atoms with E-state index in [1.54, 1.807) is 4.68 Å². The summed E-state index contributed by atoms with van der Waals surface area (Å²) in [5.41, 5.74) is 8.33. The molecule has 1 fully saturated rings. The first kappa shape index (κ1) is 22.2. The number of nitrogens with zero attached hydrogens (tertiary/aromatic N) is 3. The molecule has 6 nitrogen and oxygen atoms in total. The summed E-state index contributed by atoms with van der Waals surface area (Å²) in [6.07, 6.45) is 3.44. The van der Waals surface area contributed by atoms with Crippen LogP contribution < -0.4 is 11.1 Å². The average Bonchev–Trinajstić information content (AvgIpc) is 2.66. The van der Waals surface area contributed by atoms with Crippen molar-refractivity contribution in [3.63, 3.8) is 0 Å². The van der Waals surface area contributed by atoms with E-state index in [2.05, 4.69) is 15.3 Å². The summed E-state index contributed by atoms with van der Waals surface area (Å²) in [6.45, 7) is 7.05. The quantitative estimate of drug-likeness (QED) is 0.834. The van der Waals surface area contributed by atoms with Crippen molar-refractivity contribution in [1.29, 1.82) is 0 Å². The maximum Gasteiger partial charge on any atom is 0.238 e. The molecule has 0 aromatic carbocycles. The summed E-state index contributed by atoms with van der Waals surface area (Å²) >= 11 is 0. The van der Waals surface area contributed by atoms with Crippen molar-refractivity contribution in [2.45, 2.75) is 33.1 Å². The standard InChI is InChI=1S/C15H27N5O.2ClH/c1-11-15(12(2)19(3)18-11)17-14(21)10-20-8-4-5-13(9-20)6-7-16;;/h13H,4-10,16H2,1-3H3,(H,17,21);2*1H. The normalized spacial score (nSPS) is 18.0. The Balaban J connectivity index is 0.00000242. The summed E-state index contributed by atoms with van der Waals surface area (Å²) < 4.78 is 1.79. The number of nitrogens with two attached hydrogens (primary N) is 1. The van der Waals surface area contributed by atoms with Crippen molar-refractivity contribution in [3.8, 4) is 0 Å². The molecule has 3 N–H and O–H groups in total. The highest BCUT2D eigenvalue weighted by atomic mass is 35.5. The molecule has 8 heteroatoms. The maximum atomic E-state index is 12.2. The van der Waals surface area contributed by atoms with E-state index in [1.165, 1.54) is 6.42 Å². The van der Waals surface area contributed by atoms with Crippen LogP contribution >= 0.6 is 24.8 Å². The highest BCUT2D eigenvalue weighted by molar-refractivity contribution is 5.93. The SMILES string of the molecule is Cc1nn(C)c(C)c1NC(=O)CN1CCCC(CCN)C1.Cl.Cl. The minimum absolute atomic E-state index is 0. The Morgan fingerprint density at radius 2 is 2.09 bits per heavy atom. The fourth-order valence-corrected chi connectivity index (χ4v) is 3.10. The number of aromatic nitrogens is 2. The minimum atomic E-state index is 0. The van der Waals surface area contributed by atoms with Gasteiger partial charge < -0.3 is 11.1 Å². The predicted molar refractivity (Wildman–Crippen MR) is 98.6 cm³/mol. The molecule has 2 rings (SSSR count). The molecule has 1 unspecified atom stereocenters. The second-order valence-electron chi connectivity index (χ2n) is 6.04. The third-order valence-electron chi connectivity index (χ3n) is 4.32. The highest BCUT2D eigenvalue weighted by Gasteiger charge is 2.21. The summed E-state index contributed by atoms with van der Waals surface area (Å²) in [4.78, 5) is 14.5. The number of likely N-dealkylation sites (tertiary alicyclic amines) is 1. The van der Waals surface area contributed by atoms with E-state index in [1.807, 2.05) is 20.9 Å². The molecule has 2 heterocycles. The molecule has 134 valence electrons. The van der Waals surface area contributed by atoms with Gasteiger partial charge >= 0.3 is 0 Å². The largest absolute Gasteiger partial charge is 0.330 e. The van der Waals surface area contributed by atoms with Crippen molar-refractivity contribution in [1.82, 2.24) is 14.7 Å². The van der Waals surface area contributed by atoms with E-state index >= 15 is 0 Å². The van der Waals surface area contributed by atoms with Crippen LogP contribution in [-0.2, 0) is 11.8 Å². The molecule has 0 bridgehead atoms. The van der Waals surface area contributed by atoms with Crippen LogP contribution in [0.1, 0.15) is 30.7 Å². The summed E-state index contributed by atoms with van der Waals surface area (Å²) in [5, 5.41) is 7.33. The Morgan fingerprint density at radius 3 is 2.65 bits per heavy atom. The number of hydrogen-bond donors (Lipinski definition) is 2. The van der Waals surface area contributed by atoms with E-state index < -0.39 is 0 Å². The number of piperidine rings is 1. The van der Waals surface area contributed by atoms with Gasteiger partial charge in [-0.3, -0.25) is 14.4 Å². The topological polar surface area (TPSA) is 76.2 Å². The molecule has 1 aliphatic heterocycles. The van der Waals surface area contributed by atoms with Crippen molar-refractivity contribution < 1.29 is 4.79 Å². The van der Waals surface area contributed by atoms with Gasteiger partial charge in [0.25, 0.3) is 0 Å².